The van der Waals surface area contributed by atoms with Crippen LogP contribution in [0, 0.1) is 19.7 Å². The highest BCUT2D eigenvalue weighted by atomic mass is 19.1. The first-order valence-electron chi connectivity index (χ1n) is 6.66. The molecular formula is C17H15FN2O. The zero-order valence-corrected chi connectivity index (χ0v) is 11.8. The van der Waals surface area contributed by atoms with E-state index in [4.69, 9.17) is 0 Å². The zero-order chi connectivity index (χ0) is 15.0. The second kappa shape index (κ2) is 5.05. The quantitative estimate of drug-likeness (QED) is 0.730. The number of fused-ring (bicyclic) bond motifs is 1. The number of anilines is 2. The molecule has 4 heteroatoms. The van der Waals surface area contributed by atoms with E-state index in [9.17, 15) is 9.50 Å². The molecule has 0 aliphatic carbocycles. The summed E-state index contributed by atoms with van der Waals surface area (Å²) in [6.07, 6.45) is 0. The summed E-state index contributed by atoms with van der Waals surface area (Å²) in [7, 11) is 0. The molecule has 1 heterocycles. The van der Waals surface area contributed by atoms with Crippen LogP contribution < -0.4 is 5.32 Å². The first-order chi connectivity index (χ1) is 10.0. The van der Waals surface area contributed by atoms with E-state index >= 15 is 0 Å². The molecule has 106 valence electrons. The fourth-order valence-electron chi connectivity index (χ4n) is 2.27. The standard InChI is InChI=1S/C17H15FN2O/c1-10-3-4-12(8-15(10)18)19-17-7-11(2)14-6-5-13(21)9-16(14)20-17/h3-9,21H,1-2H3,(H,19,20). The summed E-state index contributed by atoms with van der Waals surface area (Å²) >= 11 is 0. The Morgan fingerprint density at radius 2 is 1.81 bits per heavy atom. The Kier molecular flexibility index (Phi) is 3.22. The number of phenolic OH excluding ortho intramolecular Hbond substituents is 1. The summed E-state index contributed by atoms with van der Waals surface area (Å²) in [4.78, 5) is 4.45. The van der Waals surface area contributed by atoms with Crippen molar-refractivity contribution in [2.24, 2.45) is 0 Å². The number of halogens is 1. The lowest BCUT2D eigenvalue weighted by Crippen LogP contribution is -1.96. The van der Waals surface area contributed by atoms with E-state index in [1.54, 1.807) is 25.1 Å². The van der Waals surface area contributed by atoms with E-state index in [2.05, 4.69) is 10.3 Å². The number of nitrogens with one attached hydrogen (secondary N) is 1. The minimum atomic E-state index is -0.254. The van der Waals surface area contributed by atoms with Gasteiger partial charge < -0.3 is 10.4 Å². The Labute approximate surface area is 122 Å². The van der Waals surface area contributed by atoms with Gasteiger partial charge in [0.25, 0.3) is 0 Å². The molecule has 0 saturated carbocycles. The fraction of sp³-hybridized carbons (Fsp3) is 0.118. The minimum absolute atomic E-state index is 0.174. The van der Waals surface area contributed by atoms with Crippen LogP contribution in [0.15, 0.2) is 42.5 Å². The van der Waals surface area contributed by atoms with Gasteiger partial charge in [-0.25, -0.2) is 9.37 Å². The van der Waals surface area contributed by atoms with Gasteiger partial charge in [-0.2, -0.15) is 0 Å². The van der Waals surface area contributed by atoms with Crippen molar-refractivity contribution in [3.8, 4) is 5.75 Å². The van der Waals surface area contributed by atoms with E-state index in [1.807, 2.05) is 25.1 Å². The average Bonchev–Trinajstić information content (AvgIpc) is 2.42. The Morgan fingerprint density at radius 3 is 2.57 bits per heavy atom. The van der Waals surface area contributed by atoms with Crippen molar-refractivity contribution in [1.29, 1.82) is 0 Å². The van der Waals surface area contributed by atoms with E-state index < -0.39 is 0 Å². The topological polar surface area (TPSA) is 45.1 Å². The molecule has 1 aromatic heterocycles. The van der Waals surface area contributed by atoms with Crippen LogP contribution in [-0.2, 0) is 0 Å². The molecular weight excluding hydrogens is 267 g/mol. The van der Waals surface area contributed by atoms with Gasteiger partial charge in [-0.15, -0.1) is 0 Å². The number of phenols is 1. The molecule has 3 nitrogen and oxygen atoms in total. The van der Waals surface area contributed by atoms with Crippen LogP contribution in [0.2, 0.25) is 0 Å². The monoisotopic (exact) mass is 282 g/mol. The molecule has 0 fully saturated rings. The molecule has 2 N–H and O–H groups in total. The van der Waals surface area contributed by atoms with Crippen LogP contribution in [0.4, 0.5) is 15.9 Å². The number of hydrogen-bond acceptors (Lipinski definition) is 3. The molecule has 21 heavy (non-hydrogen) atoms. The van der Waals surface area contributed by atoms with Crippen molar-refractivity contribution in [2.45, 2.75) is 13.8 Å². The number of nitrogens with zero attached hydrogens (tertiary/aromatic N) is 1. The van der Waals surface area contributed by atoms with Gasteiger partial charge in [0.05, 0.1) is 5.52 Å². The normalized spacial score (nSPS) is 10.8. The van der Waals surface area contributed by atoms with Crippen LogP contribution in [-0.4, -0.2) is 10.1 Å². The second-order valence-corrected chi connectivity index (χ2v) is 5.11. The molecule has 0 unspecified atom stereocenters. The molecule has 0 aliphatic rings. The van der Waals surface area contributed by atoms with Crippen LogP contribution >= 0.6 is 0 Å². The maximum absolute atomic E-state index is 13.6. The van der Waals surface area contributed by atoms with Gasteiger partial charge in [0, 0.05) is 17.1 Å². The molecule has 3 aromatic rings. The molecule has 0 amide bonds. The molecule has 0 spiro atoms. The second-order valence-electron chi connectivity index (χ2n) is 5.11. The number of pyridine rings is 1. The summed E-state index contributed by atoms with van der Waals surface area (Å²) in [6.45, 7) is 3.70. The van der Waals surface area contributed by atoms with E-state index in [0.29, 0.717) is 22.6 Å². The molecule has 0 saturated heterocycles. The Balaban J connectivity index is 2.02. The third-order valence-corrected chi connectivity index (χ3v) is 3.44. The lowest BCUT2D eigenvalue weighted by Gasteiger charge is -2.10. The van der Waals surface area contributed by atoms with Gasteiger partial charge in [-0.1, -0.05) is 6.07 Å². The van der Waals surface area contributed by atoms with Gasteiger partial charge in [0.2, 0.25) is 0 Å². The largest absolute Gasteiger partial charge is 0.508 e. The van der Waals surface area contributed by atoms with Gasteiger partial charge >= 0.3 is 0 Å². The zero-order valence-electron chi connectivity index (χ0n) is 11.8. The smallest absolute Gasteiger partial charge is 0.131 e. The number of aryl methyl sites for hydroxylation is 2. The lowest BCUT2D eigenvalue weighted by atomic mass is 10.1. The maximum atomic E-state index is 13.6. The molecule has 0 bridgehead atoms. The van der Waals surface area contributed by atoms with Crippen LogP contribution in [0.1, 0.15) is 11.1 Å². The molecule has 3 rings (SSSR count). The molecule has 0 radical (unpaired) electrons. The number of hydrogen-bond donors (Lipinski definition) is 2. The van der Waals surface area contributed by atoms with Gasteiger partial charge in [-0.3, -0.25) is 0 Å². The fourth-order valence-corrected chi connectivity index (χ4v) is 2.27. The summed E-state index contributed by atoms with van der Waals surface area (Å²) in [6, 6.07) is 12.0. The summed E-state index contributed by atoms with van der Waals surface area (Å²) in [5.74, 6) is 0.539. The summed E-state index contributed by atoms with van der Waals surface area (Å²) in [5.41, 5.74) is 2.98. The number of aromatic nitrogens is 1. The van der Waals surface area contributed by atoms with Crippen LogP contribution in [0.25, 0.3) is 10.9 Å². The van der Waals surface area contributed by atoms with E-state index in [1.165, 1.54) is 6.07 Å². The van der Waals surface area contributed by atoms with E-state index in [-0.39, 0.29) is 11.6 Å². The number of rotatable bonds is 2. The molecule has 0 aliphatic heterocycles. The van der Waals surface area contributed by atoms with Gasteiger partial charge in [-0.05, 0) is 55.3 Å². The highest BCUT2D eigenvalue weighted by Crippen LogP contribution is 2.25. The molecule has 2 aromatic carbocycles. The van der Waals surface area contributed by atoms with Crippen LogP contribution in [0.3, 0.4) is 0 Å². The Bertz CT molecular complexity index is 830. The average molecular weight is 282 g/mol. The van der Waals surface area contributed by atoms with Gasteiger partial charge in [0.1, 0.15) is 17.4 Å². The third kappa shape index (κ3) is 2.65. The predicted molar refractivity (Wildman–Crippen MR) is 82.6 cm³/mol. The first-order valence-corrected chi connectivity index (χ1v) is 6.66. The molecule has 0 atom stereocenters. The predicted octanol–water partition coefficient (Wildman–Crippen LogP) is 4.44. The SMILES string of the molecule is Cc1ccc(Nc2cc(C)c3ccc(O)cc3n2)cc1F. The maximum Gasteiger partial charge on any atom is 0.131 e. The van der Waals surface area contributed by atoms with Gasteiger partial charge in [0.15, 0.2) is 0 Å². The Hall–Kier alpha value is -2.62. The van der Waals surface area contributed by atoms with Crippen molar-refractivity contribution < 1.29 is 9.50 Å². The highest BCUT2D eigenvalue weighted by molar-refractivity contribution is 5.85. The van der Waals surface area contributed by atoms with Crippen LogP contribution in [0.5, 0.6) is 5.75 Å². The first kappa shape index (κ1) is 13.4. The lowest BCUT2D eigenvalue weighted by molar-refractivity contribution is 0.476. The summed E-state index contributed by atoms with van der Waals surface area (Å²) in [5, 5.41) is 13.6. The summed E-state index contributed by atoms with van der Waals surface area (Å²) < 4.78 is 13.6. The minimum Gasteiger partial charge on any atom is -0.508 e. The van der Waals surface area contributed by atoms with Crippen molar-refractivity contribution in [2.75, 3.05) is 5.32 Å². The highest BCUT2D eigenvalue weighted by Gasteiger charge is 2.05. The van der Waals surface area contributed by atoms with Crippen molar-refractivity contribution >= 4 is 22.4 Å². The van der Waals surface area contributed by atoms with E-state index in [0.717, 1.165) is 10.9 Å². The third-order valence-electron chi connectivity index (χ3n) is 3.44. The van der Waals surface area contributed by atoms with Crippen molar-refractivity contribution in [3.63, 3.8) is 0 Å². The Morgan fingerprint density at radius 1 is 1.00 bits per heavy atom. The van der Waals surface area contributed by atoms with Crippen molar-refractivity contribution in [1.82, 2.24) is 4.98 Å². The number of benzene rings is 2. The van der Waals surface area contributed by atoms with Crippen molar-refractivity contribution in [3.05, 3.63) is 59.4 Å². The number of aromatic hydroxyl groups is 1.